The zero-order chi connectivity index (χ0) is 25.4. The van der Waals surface area contributed by atoms with Crippen LogP contribution >= 0.6 is 0 Å². The summed E-state index contributed by atoms with van der Waals surface area (Å²) in [5.41, 5.74) is 3.94. The van der Waals surface area contributed by atoms with Crippen LogP contribution in [-0.2, 0) is 15.0 Å². The topological polar surface area (TPSA) is 108 Å². The van der Waals surface area contributed by atoms with E-state index in [9.17, 15) is 31.1 Å². The molecule has 0 spiro atoms. The number of nitrogens with one attached hydrogen (secondary N) is 1. The highest BCUT2D eigenvalue weighted by Gasteiger charge is 2.50. The number of amides is 1. The first-order valence-corrected chi connectivity index (χ1v) is 10.1. The molecule has 188 valence electrons. The van der Waals surface area contributed by atoms with Gasteiger partial charge in [-0.1, -0.05) is 0 Å². The van der Waals surface area contributed by atoms with Crippen molar-refractivity contribution in [1.29, 1.82) is 0 Å². The number of anilines is 1. The number of hydrogen-bond acceptors (Lipinski definition) is 7. The number of aromatic nitrogens is 1. The molecule has 1 aromatic heterocycles. The fourth-order valence-electron chi connectivity index (χ4n) is 3.73. The van der Waals surface area contributed by atoms with E-state index in [-0.39, 0.29) is 43.0 Å². The Bertz CT molecular complexity index is 1160. The monoisotopic (exact) mass is 504 g/mol. The molecule has 8 nitrogen and oxygen atoms in total. The Labute approximate surface area is 194 Å². The number of carbonyl (C=O) groups is 1. The van der Waals surface area contributed by atoms with Crippen LogP contribution in [0.4, 0.5) is 32.0 Å². The van der Waals surface area contributed by atoms with Gasteiger partial charge in [0, 0.05) is 23.2 Å². The van der Waals surface area contributed by atoms with E-state index in [1.54, 1.807) is 0 Å². The number of carbonyl (C=O) groups excluding carboxylic acids is 1. The number of aliphatic imine (C=N–C) groups is 1. The highest BCUT2D eigenvalue weighted by molar-refractivity contribution is 6.03. The number of pyridine rings is 1. The second-order valence-corrected chi connectivity index (χ2v) is 7.90. The summed E-state index contributed by atoms with van der Waals surface area (Å²) in [5, 5.41) is 2.36. The number of halogens is 6. The van der Waals surface area contributed by atoms with Gasteiger partial charge < -0.3 is 25.3 Å². The van der Waals surface area contributed by atoms with Gasteiger partial charge in [0.05, 0.1) is 26.0 Å². The Morgan fingerprint density at radius 3 is 2.74 bits per heavy atom. The normalized spacial score (nSPS) is 21.8. The fraction of sp³-hybridized carbons (Fsp3) is 0.381. The molecule has 2 aliphatic rings. The van der Waals surface area contributed by atoms with E-state index in [0.29, 0.717) is 6.07 Å². The summed E-state index contributed by atoms with van der Waals surface area (Å²) in [4.78, 5) is 20.3. The number of amidine groups is 1. The molecule has 2 aliphatic heterocycles. The van der Waals surface area contributed by atoms with Crippen molar-refractivity contribution in [2.75, 3.05) is 31.7 Å². The minimum atomic E-state index is -4.45. The first-order valence-electron chi connectivity index (χ1n) is 10.1. The third-order valence-electron chi connectivity index (χ3n) is 5.53. The highest BCUT2D eigenvalue weighted by Crippen LogP contribution is 2.43. The van der Waals surface area contributed by atoms with Gasteiger partial charge >= 0.3 is 12.3 Å². The van der Waals surface area contributed by atoms with E-state index < -0.39 is 53.5 Å². The van der Waals surface area contributed by atoms with Crippen molar-refractivity contribution < 1.29 is 45.3 Å². The fourth-order valence-corrected chi connectivity index (χ4v) is 3.73. The Morgan fingerprint density at radius 2 is 2.03 bits per heavy atom. The summed E-state index contributed by atoms with van der Waals surface area (Å²) < 4.78 is 94.7. The number of ether oxygens (including phenoxy) is 3. The summed E-state index contributed by atoms with van der Waals surface area (Å²) in [6.07, 6.45) is -3.24. The molecule has 14 heteroatoms. The molecule has 0 bridgehead atoms. The standard InChI is InChI=1S/C21H18F6N4O4/c22-14-2-1-11(3-13(14)20-8-33-6-10(20)7-34-19(28)31-20)30-17(32)16-15(23)4-12(5-29-16)35-9-21(26,27)18(24)25/h1-5,10,18H,6-9H2,(H2,28,31)(H,30,32)/t10?,20-/m0/s1. The molecule has 1 unspecified atom stereocenters. The number of benzene rings is 1. The lowest BCUT2D eigenvalue weighted by atomic mass is 9.80. The lowest BCUT2D eigenvalue weighted by Gasteiger charge is -2.34. The first-order chi connectivity index (χ1) is 16.5. The molecule has 0 aliphatic carbocycles. The van der Waals surface area contributed by atoms with Crippen LogP contribution in [0.2, 0.25) is 0 Å². The van der Waals surface area contributed by atoms with Gasteiger partial charge in [-0.2, -0.15) is 8.78 Å². The van der Waals surface area contributed by atoms with Crippen LogP contribution < -0.4 is 15.8 Å². The predicted octanol–water partition coefficient (Wildman–Crippen LogP) is 3.08. The van der Waals surface area contributed by atoms with Crippen LogP contribution in [0.25, 0.3) is 0 Å². The number of nitrogens with zero attached hydrogens (tertiary/aromatic N) is 2. The van der Waals surface area contributed by atoms with Crippen molar-refractivity contribution in [3.63, 3.8) is 0 Å². The lowest BCUT2D eigenvalue weighted by Crippen LogP contribution is -2.43. The van der Waals surface area contributed by atoms with Gasteiger partial charge in [0.25, 0.3) is 11.9 Å². The van der Waals surface area contributed by atoms with E-state index in [0.717, 1.165) is 12.3 Å². The molecule has 0 saturated carbocycles. The molecule has 0 radical (unpaired) electrons. The van der Waals surface area contributed by atoms with Crippen molar-refractivity contribution in [3.8, 4) is 5.75 Å². The van der Waals surface area contributed by atoms with Crippen LogP contribution in [0, 0.1) is 17.6 Å². The van der Waals surface area contributed by atoms with Crippen molar-refractivity contribution >= 4 is 17.6 Å². The molecule has 3 N–H and O–H groups in total. The van der Waals surface area contributed by atoms with Crippen LogP contribution in [0.1, 0.15) is 16.1 Å². The number of alkyl halides is 4. The smallest absolute Gasteiger partial charge is 0.340 e. The van der Waals surface area contributed by atoms with Crippen LogP contribution in [-0.4, -0.2) is 55.7 Å². The average Bonchev–Trinajstić information content (AvgIpc) is 3.22. The third-order valence-corrected chi connectivity index (χ3v) is 5.53. The predicted molar refractivity (Wildman–Crippen MR) is 109 cm³/mol. The van der Waals surface area contributed by atoms with Crippen LogP contribution in [0.3, 0.4) is 0 Å². The third kappa shape index (κ3) is 4.83. The van der Waals surface area contributed by atoms with Gasteiger partial charge in [-0.15, -0.1) is 0 Å². The summed E-state index contributed by atoms with van der Waals surface area (Å²) in [5.74, 6) is -8.30. The largest absolute Gasteiger partial charge is 0.485 e. The minimum absolute atomic E-state index is 0.0261. The Balaban J connectivity index is 1.53. The summed E-state index contributed by atoms with van der Waals surface area (Å²) >= 11 is 0. The van der Waals surface area contributed by atoms with Gasteiger partial charge in [-0.25, -0.2) is 27.5 Å². The Kier molecular flexibility index (Phi) is 6.49. The average molecular weight is 504 g/mol. The second-order valence-electron chi connectivity index (χ2n) is 7.90. The molecule has 2 aromatic rings. The molecule has 1 fully saturated rings. The second kappa shape index (κ2) is 9.24. The van der Waals surface area contributed by atoms with E-state index in [4.69, 9.17) is 15.2 Å². The van der Waals surface area contributed by atoms with Crippen molar-refractivity contribution in [1.82, 2.24) is 4.98 Å². The van der Waals surface area contributed by atoms with Crippen LogP contribution in [0.5, 0.6) is 5.75 Å². The number of rotatable bonds is 7. The van der Waals surface area contributed by atoms with E-state index in [1.807, 2.05) is 0 Å². The van der Waals surface area contributed by atoms with Crippen molar-refractivity contribution in [3.05, 3.63) is 53.4 Å². The minimum Gasteiger partial charge on any atom is -0.485 e. The van der Waals surface area contributed by atoms with Gasteiger partial charge in [0.1, 0.15) is 17.1 Å². The van der Waals surface area contributed by atoms with Gasteiger partial charge in [0.15, 0.2) is 18.1 Å². The molecule has 4 rings (SSSR count). The van der Waals surface area contributed by atoms with Crippen molar-refractivity contribution in [2.45, 2.75) is 17.9 Å². The maximum Gasteiger partial charge on any atom is 0.340 e. The molecular formula is C21H18F6N4O4. The maximum atomic E-state index is 14.8. The van der Waals surface area contributed by atoms with E-state index >= 15 is 0 Å². The Morgan fingerprint density at radius 1 is 1.26 bits per heavy atom. The molecule has 1 amide bonds. The lowest BCUT2D eigenvalue weighted by molar-refractivity contribution is -0.148. The molecular weight excluding hydrogens is 486 g/mol. The maximum absolute atomic E-state index is 14.8. The summed E-state index contributed by atoms with van der Waals surface area (Å²) in [6.45, 7) is -1.28. The summed E-state index contributed by atoms with van der Waals surface area (Å²) in [6, 6.07) is 4.03. The zero-order valence-corrected chi connectivity index (χ0v) is 17.7. The zero-order valence-electron chi connectivity index (χ0n) is 17.7. The number of fused-ring (bicyclic) bond motifs is 1. The first kappa shape index (κ1) is 24.6. The Hall–Kier alpha value is -3.55. The molecule has 2 atom stereocenters. The van der Waals surface area contributed by atoms with E-state index in [2.05, 4.69) is 20.0 Å². The molecule has 3 heterocycles. The highest BCUT2D eigenvalue weighted by atomic mass is 19.3. The molecule has 1 saturated heterocycles. The van der Waals surface area contributed by atoms with Gasteiger partial charge in [-0.3, -0.25) is 4.79 Å². The summed E-state index contributed by atoms with van der Waals surface area (Å²) in [7, 11) is 0. The number of hydrogen-bond donors (Lipinski definition) is 2. The number of nitrogens with two attached hydrogens (primary N) is 1. The van der Waals surface area contributed by atoms with Gasteiger partial charge in [0.2, 0.25) is 0 Å². The molecule has 1 aromatic carbocycles. The van der Waals surface area contributed by atoms with Crippen molar-refractivity contribution in [2.24, 2.45) is 16.6 Å². The quantitative estimate of drug-likeness (QED) is 0.562. The SMILES string of the molecule is NC1=N[C@@]2(c3cc(NC(=O)c4ncc(OCC(F)(F)C(F)F)cc4F)ccc3F)COCC2CO1. The van der Waals surface area contributed by atoms with Crippen LogP contribution in [0.15, 0.2) is 35.5 Å². The van der Waals surface area contributed by atoms with Gasteiger partial charge in [-0.05, 0) is 18.2 Å². The van der Waals surface area contributed by atoms with E-state index in [1.165, 1.54) is 12.1 Å². The molecule has 35 heavy (non-hydrogen) atoms.